The highest BCUT2D eigenvalue weighted by atomic mass is 32.2. The fourth-order valence-electron chi connectivity index (χ4n) is 0.753. The Bertz CT molecular complexity index is 247. The third kappa shape index (κ3) is 6.66. The lowest BCUT2D eigenvalue weighted by atomic mass is 10.2. The molecule has 16 heavy (non-hydrogen) atoms. The lowest BCUT2D eigenvalue weighted by Gasteiger charge is -2.13. The summed E-state index contributed by atoms with van der Waals surface area (Å²) in [4.78, 5) is 10.3. The number of halogens is 1. The van der Waals surface area contributed by atoms with E-state index < -0.39 is 6.16 Å². The summed E-state index contributed by atoms with van der Waals surface area (Å²) in [6.45, 7) is 6.53. The molecule has 0 fully saturated rings. The average Bonchev–Trinajstić information content (AvgIpc) is 2.21. The van der Waals surface area contributed by atoms with E-state index in [4.69, 9.17) is 4.74 Å². The Morgan fingerprint density at radius 2 is 2.19 bits per heavy atom. The number of amides is 1. The van der Waals surface area contributed by atoms with Gasteiger partial charge in [0.05, 0.1) is 6.61 Å². The zero-order chi connectivity index (χ0) is 12.6. The molecule has 0 aliphatic rings. The lowest BCUT2D eigenvalue weighted by Crippen LogP contribution is -2.16. The van der Waals surface area contributed by atoms with Crippen LogP contribution in [0.25, 0.3) is 0 Å². The van der Waals surface area contributed by atoms with Crippen LogP contribution in [0.2, 0.25) is 0 Å². The van der Waals surface area contributed by atoms with Gasteiger partial charge in [0.25, 0.3) is 0 Å². The fraction of sp³-hybridized carbons (Fsp3) is 0.800. The van der Waals surface area contributed by atoms with Gasteiger partial charge in [-0.3, -0.25) is 0 Å². The second kappa shape index (κ2) is 8.38. The summed E-state index contributed by atoms with van der Waals surface area (Å²) in [5.41, 5.74) is 0. The third-order valence-corrected chi connectivity index (χ3v) is 2.39. The van der Waals surface area contributed by atoms with Crippen LogP contribution in [0.3, 0.4) is 0 Å². The number of rotatable bonds is 6. The number of hydrogen-bond donors (Lipinski definition) is 0. The molecule has 0 radical (unpaired) electrons. The number of carbonyl (C=O) groups is 1. The normalized spacial score (nSPS) is 11.8. The van der Waals surface area contributed by atoms with E-state index >= 15 is 0 Å². The second-order valence-electron chi connectivity index (χ2n) is 3.62. The summed E-state index contributed by atoms with van der Waals surface area (Å²) in [7, 11) is 1.32. The first-order chi connectivity index (χ1) is 7.49. The van der Waals surface area contributed by atoms with Crippen LogP contribution in [0.15, 0.2) is 4.40 Å². The molecule has 4 nitrogen and oxygen atoms in total. The molecular weight excluding hydrogens is 231 g/mol. The summed E-state index contributed by atoms with van der Waals surface area (Å²) in [6, 6.07) is 0. The molecule has 94 valence electrons. The highest BCUT2D eigenvalue weighted by molar-refractivity contribution is 7.96. The van der Waals surface area contributed by atoms with E-state index in [1.54, 1.807) is 0 Å². The number of ether oxygens (including phenoxy) is 1. The summed E-state index contributed by atoms with van der Waals surface area (Å²) in [5, 5.41) is 0. The molecule has 0 atom stereocenters. The molecule has 6 heteroatoms. The van der Waals surface area contributed by atoms with Crippen LogP contribution >= 0.6 is 12.1 Å². The van der Waals surface area contributed by atoms with Crippen molar-refractivity contribution in [3.05, 3.63) is 0 Å². The monoisotopic (exact) mass is 250 g/mol. The molecule has 0 heterocycles. The largest absolute Gasteiger partial charge is 0.480 e. The van der Waals surface area contributed by atoms with Gasteiger partial charge in [-0.15, -0.1) is 4.39 Å². The van der Waals surface area contributed by atoms with E-state index in [1.165, 1.54) is 7.05 Å². The van der Waals surface area contributed by atoms with Crippen molar-refractivity contribution in [1.29, 1.82) is 0 Å². The first kappa shape index (κ1) is 15.2. The maximum atomic E-state index is 12.2. The van der Waals surface area contributed by atoms with Crippen molar-refractivity contribution in [3.8, 4) is 0 Å². The van der Waals surface area contributed by atoms with Crippen LogP contribution in [0, 0.1) is 5.92 Å². The first-order valence-electron chi connectivity index (χ1n) is 5.30. The van der Waals surface area contributed by atoms with Crippen molar-refractivity contribution < 1.29 is 13.9 Å². The van der Waals surface area contributed by atoms with Crippen LogP contribution < -0.4 is 0 Å². The first-order valence-corrected chi connectivity index (χ1v) is 6.03. The van der Waals surface area contributed by atoms with Gasteiger partial charge in [0.2, 0.25) is 0 Å². The van der Waals surface area contributed by atoms with Crippen molar-refractivity contribution in [2.45, 2.75) is 33.6 Å². The van der Waals surface area contributed by atoms with Crippen molar-refractivity contribution in [2.24, 2.45) is 10.3 Å². The van der Waals surface area contributed by atoms with Crippen LogP contribution in [0.1, 0.15) is 33.6 Å². The Hall–Kier alpha value is -0.780. The summed E-state index contributed by atoms with van der Waals surface area (Å²) >= 11 is 0.751. The highest BCUT2D eigenvalue weighted by Crippen LogP contribution is 2.13. The smallest absolute Gasteiger partial charge is 0.411 e. The number of hydrogen-bond acceptors (Lipinski definition) is 4. The van der Waals surface area contributed by atoms with E-state index in [0.29, 0.717) is 12.5 Å². The van der Waals surface area contributed by atoms with Gasteiger partial charge < -0.3 is 4.74 Å². The fourth-order valence-corrected chi connectivity index (χ4v) is 1.28. The molecule has 1 amide bonds. The van der Waals surface area contributed by atoms with E-state index in [2.05, 4.69) is 11.3 Å². The standard InChI is InChI=1S/C10H19FN2O2S/c1-5-6-7-15-9(8(2)3)12-16-13(4)10(11)14/h8H,5-7H2,1-4H3. The molecule has 0 aliphatic carbocycles. The number of carbonyl (C=O) groups excluding carboxylic acids is 1. The predicted octanol–water partition coefficient (Wildman–Crippen LogP) is 3.44. The minimum Gasteiger partial charge on any atom is -0.480 e. The number of nitrogens with zero attached hydrogens (tertiary/aromatic N) is 2. The third-order valence-electron chi connectivity index (χ3n) is 1.74. The Balaban J connectivity index is 4.18. The maximum Gasteiger partial charge on any atom is 0.411 e. The van der Waals surface area contributed by atoms with Crippen molar-refractivity contribution in [2.75, 3.05) is 13.7 Å². The Labute approximate surface area is 101 Å². The minimum absolute atomic E-state index is 0.118. The molecule has 0 rings (SSSR count). The zero-order valence-corrected chi connectivity index (χ0v) is 11.0. The van der Waals surface area contributed by atoms with Gasteiger partial charge >= 0.3 is 6.16 Å². The Kier molecular flexibility index (Phi) is 7.97. The van der Waals surface area contributed by atoms with E-state index in [0.717, 1.165) is 29.3 Å². The van der Waals surface area contributed by atoms with E-state index in [9.17, 15) is 9.18 Å². The Morgan fingerprint density at radius 3 is 2.62 bits per heavy atom. The second-order valence-corrected chi connectivity index (χ2v) is 4.51. The molecule has 0 aromatic heterocycles. The van der Waals surface area contributed by atoms with Gasteiger partial charge in [-0.2, -0.15) is 4.40 Å². The van der Waals surface area contributed by atoms with Gasteiger partial charge in [0.15, 0.2) is 5.90 Å². The predicted molar refractivity (Wildman–Crippen MR) is 65.0 cm³/mol. The van der Waals surface area contributed by atoms with Crippen molar-refractivity contribution >= 4 is 24.2 Å². The topological polar surface area (TPSA) is 41.9 Å². The molecule has 0 N–H and O–H groups in total. The summed E-state index contributed by atoms with van der Waals surface area (Å²) in [6.07, 6.45) is 0.473. The van der Waals surface area contributed by atoms with E-state index in [1.807, 2.05) is 13.8 Å². The quantitative estimate of drug-likeness (QED) is 0.181. The van der Waals surface area contributed by atoms with Gasteiger partial charge in [-0.1, -0.05) is 27.2 Å². The van der Waals surface area contributed by atoms with Crippen molar-refractivity contribution in [1.82, 2.24) is 4.31 Å². The molecular formula is C10H19FN2O2S. The average molecular weight is 250 g/mol. The van der Waals surface area contributed by atoms with Gasteiger partial charge in [0.1, 0.15) is 12.1 Å². The van der Waals surface area contributed by atoms with E-state index in [-0.39, 0.29) is 5.92 Å². The van der Waals surface area contributed by atoms with Crippen LogP contribution in [0.4, 0.5) is 9.18 Å². The molecule has 0 saturated carbocycles. The molecule has 0 unspecified atom stereocenters. The minimum atomic E-state index is -1.52. The number of unbranched alkanes of at least 4 members (excludes halogenated alkanes) is 1. The van der Waals surface area contributed by atoms with Crippen LogP contribution in [-0.2, 0) is 4.74 Å². The molecule has 0 aromatic rings. The molecule has 0 aromatic carbocycles. The van der Waals surface area contributed by atoms with Crippen molar-refractivity contribution in [3.63, 3.8) is 0 Å². The van der Waals surface area contributed by atoms with Crippen LogP contribution in [0.5, 0.6) is 0 Å². The maximum absolute atomic E-state index is 12.2. The van der Waals surface area contributed by atoms with Gasteiger partial charge in [-0.05, 0) is 6.42 Å². The Morgan fingerprint density at radius 1 is 1.56 bits per heavy atom. The molecule has 0 spiro atoms. The SMILES string of the molecule is CCCCOC(=NSN(C)C(=O)F)C(C)C. The lowest BCUT2D eigenvalue weighted by molar-refractivity contribution is 0.209. The molecule has 0 aliphatic heterocycles. The molecule has 0 bridgehead atoms. The van der Waals surface area contributed by atoms with Crippen LogP contribution in [-0.4, -0.2) is 30.0 Å². The summed E-state index contributed by atoms with van der Waals surface area (Å²) in [5.74, 6) is 0.652. The zero-order valence-electron chi connectivity index (χ0n) is 10.2. The highest BCUT2D eigenvalue weighted by Gasteiger charge is 2.10. The van der Waals surface area contributed by atoms with Gasteiger partial charge in [0, 0.05) is 13.0 Å². The summed E-state index contributed by atoms with van der Waals surface area (Å²) < 4.78 is 22.5. The molecule has 0 saturated heterocycles. The van der Waals surface area contributed by atoms with Gasteiger partial charge in [-0.25, -0.2) is 9.10 Å².